The molecule has 0 spiro atoms. The van der Waals surface area contributed by atoms with Crippen LogP contribution in [0.25, 0.3) is 0 Å². The van der Waals surface area contributed by atoms with Gasteiger partial charge < -0.3 is 10.2 Å². The van der Waals surface area contributed by atoms with Gasteiger partial charge in [-0.2, -0.15) is 0 Å². The first-order valence-corrected chi connectivity index (χ1v) is 8.01. The molecule has 4 nitrogen and oxygen atoms in total. The maximum Gasteiger partial charge on any atom is 0.229 e. The van der Waals surface area contributed by atoms with Crippen LogP contribution in [0, 0.1) is 11.7 Å². The number of amides is 2. The van der Waals surface area contributed by atoms with Crippen molar-refractivity contribution in [2.24, 2.45) is 5.92 Å². The number of anilines is 2. The minimum Gasteiger partial charge on any atom is -0.326 e. The Hall–Kier alpha value is -2.11. The Morgan fingerprint density at radius 3 is 2.54 bits per heavy atom. The second-order valence-electron chi connectivity index (χ2n) is 5.50. The van der Waals surface area contributed by atoms with Gasteiger partial charge in [-0.25, -0.2) is 4.39 Å². The van der Waals surface area contributed by atoms with Crippen molar-refractivity contribution in [3.8, 4) is 0 Å². The van der Waals surface area contributed by atoms with Crippen molar-refractivity contribution in [1.29, 1.82) is 0 Å². The minimum absolute atomic E-state index is 0.0712. The molecule has 1 heterocycles. The summed E-state index contributed by atoms with van der Waals surface area (Å²) in [5, 5.41) is 3.17. The monoisotopic (exact) mass is 366 g/mol. The number of benzene rings is 2. The highest BCUT2D eigenvalue weighted by Crippen LogP contribution is 2.27. The Labute approximate surface area is 148 Å². The fourth-order valence-electron chi connectivity index (χ4n) is 2.57. The lowest BCUT2D eigenvalue weighted by Crippen LogP contribution is -2.28. The first kappa shape index (κ1) is 16.7. The average Bonchev–Trinajstić information content (AvgIpc) is 2.94. The molecule has 3 rings (SSSR count). The molecular weight excluding hydrogens is 354 g/mol. The molecule has 1 fully saturated rings. The predicted molar refractivity (Wildman–Crippen MR) is 92.0 cm³/mol. The number of nitrogens with one attached hydrogen (secondary N) is 1. The lowest BCUT2D eigenvalue weighted by atomic mass is 10.1. The number of carbonyl (C=O) groups excluding carboxylic acids is 2. The Bertz CT molecular complexity index is 796. The summed E-state index contributed by atoms with van der Waals surface area (Å²) < 4.78 is 13.2. The number of nitrogens with zero attached hydrogens (tertiary/aromatic N) is 1. The quantitative estimate of drug-likeness (QED) is 0.887. The highest BCUT2D eigenvalue weighted by atomic mass is 35.5. The van der Waals surface area contributed by atoms with Crippen LogP contribution < -0.4 is 10.2 Å². The van der Waals surface area contributed by atoms with Gasteiger partial charge in [0.25, 0.3) is 0 Å². The van der Waals surface area contributed by atoms with E-state index in [-0.39, 0.29) is 29.8 Å². The van der Waals surface area contributed by atoms with Crippen molar-refractivity contribution in [2.75, 3.05) is 16.8 Å². The van der Waals surface area contributed by atoms with E-state index in [4.69, 9.17) is 23.2 Å². The van der Waals surface area contributed by atoms with Gasteiger partial charge in [0.05, 0.1) is 10.9 Å². The SMILES string of the molecule is O=C(Nc1ccc(F)c(Cl)c1)[C@H]1CC(=O)N(c2ccc(Cl)cc2)C1. The van der Waals surface area contributed by atoms with Gasteiger partial charge in [0.2, 0.25) is 11.8 Å². The van der Waals surface area contributed by atoms with Crippen LogP contribution in [-0.4, -0.2) is 18.4 Å². The van der Waals surface area contributed by atoms with E-state index >= 15 is 0 Å². The van der Waals surface area contributed by atoms with Crippen molar-refractivity contribution in [1.82, 2.24) is 0 Å². The van der Waals surface area contributed by atoms with Crippen molar-refractivity contribution in [2.45, 2.75) is 6.42 Å². The third kappa shape index (κ3) is 3.52. The molecule has 1 aliphatic heterocycles. The molecule has 0 radical (unpaired) electrons. The van der Waals surface area contributed by atoms with Gasteiger partial charge in [-0.15, -0.1) is 0 Å². The van der Waals surface area contributed by atoms with E-state index in [9.17, 15) is 14.0 Å². The summed E-state index contributed by atoms with van der Waals surface area (Å²) in [5.41, 5.74) is 1.09. The Morgan fingerprint density at radius 1 is 1.17 bits per heavy atom. The van der Waals surface area contributed by atoms with Gasteiger partial charge >= 0.3 is 0 Å². The number of hydrogen-bond acceptors (Lipinski definition) is 2. The van der Waals surface area contributed by atoms with Gasteiger partial charge in [-0.05, 0) is 42.5 Å². The normalized spacial score (nSPS) is 17.2. The fraction of sp³-hybridized carbons (Fsp3) is 0.176. The molecule has 0 aliphatic carbocycles. The van der Waals surface area contributed by atoms with Gasteiger partial charge in [-0.1, -0.05) is 23.2 Å². The van der Waals surface area contributed by atoms with Crippen LogP contribution in [0.5, 0.6) is 0 Å². The van der Waals surface area contributed by atoms with E-state index in [0.717, 1.165) is 0 Å². The number of rotatable bonds is 3. The van der Waals surface area contributed by atoms with E-state index in [1.807, 2.05) is 0 Å². The van der Waals surface area contributed by atoms with E-state index in [0.29, 0.717) is 16.4 Å². The Morgan fingerprint density at radius 2 is 1.88 bits per heavy atom. The first-order valence-electron chi connectivity index (χ1n) is 7.26. The summed E-state index contributed by atoms with van der Waals surface area (Å²) in [7, 11) is 0. The fourth-order valence-corrected chi connectivity index (χ4v) is 2.88. The average molecular weight is 367 g/mol. The Kier molecular flexibility index (Phi) is 4.73. The lowest BCUT2D eigenvalue weighted by molar-refractivity contribution is -0.122. The van der Waals surface area contributed by atoms with Crippen LogP contribution in [0.1, 0.15) is 6.42 Å². The highest BCUT2D eigenvalue weighted by molar-refractivity contribution is 6.31. The topological polar surface area (TPSA) is 49.4 Å². The van der Waals surface area contributed by atoms with Gasteiger partial charge in [-0.3, -0.25) is 9.59 Å². The molecule has 2 aromatic carbocycles. The molecule has 1 N–H and O–H groups in total. The molecule has 0 bridgehead atoms. The molecular formula is C17H13Cl2FN2O2. The molecule has 124 valence electrons. The summed E-state index contributed by atoms with van der Waals surface area (Å²) in [4.78, 5) is 26.1. The predicted octanol–water partition coefficient (Wildman–Crippen LogP) is 4.12. The minimum atomic E-state index is -0.556. The van der Waals surface area contributed by atoms with E-state index in [1.54, 1.807) is 29.2 Å². The van der Waals surface area contributed by atoms with Crippen LogP contribution in [0.3, 0.4) is 0 Å². The smallest absolute Gasteiger partial charge is 0.229 e. The molecule has 24 heavy (non-hydrogen) atoms. The highest BCUT2D eigenvalue weighted by Gasteiger charge is 2.35. The maximum atomic E-state index is 13.2. The van der Waals surface area contributed by atoms with E-state index in [1.165, 1.54) is 18.2 Å². The van der Waals surface area contributed by atoms with E-state index in [2.05, 4.69) is 5.32 Å². The number of carbonyl (C=O) groups is 2. The van der Waals surface area contributed by atoms with Crippen molar-refractivity contribution in [3.05, 3.63) is 58.3 Å². The third-order valence-electron chi connectivity index (χ3n) is 3.82. The standard InChI is InChI=1S/C17H13Cl2FN2O2/c18-11-1-4-13(5-2-11)22-9-10(7-16(22)23)17(24)21-12-3-6-15(20)14(19)8-12/h1-6,8,10H,7,9H2,(H,21,24)/t10-/m0/s1. The van der Waals surface area contributed by atoms with Crippen LogP contribution in [0.4, 0.5) is 15.8 Å². The van der Waals surface area contributed by atoms with Crippen molar-refractivity contribution in [3.63, 3.8) is 0 Å². The lowest BCUT2D eigenvalue weighted by Gasteiger charge is -2.16. The van der Waals surface area contributed by atoms with Gasteiger partial charge in [0, 0.05) is 29.4 Å². The summed E-state index contributed by atoms with van der Waals surface area (Å²) in [6.45, 7) is 0.279. The summed E-state index contributed by atoms with van der Waals surface area (Å²) >= 11 is 11.5. The molecule has 0 unspecified atom stereocenters. The maximum absolute atomic E-state index is 13.2. The summed E-state index contributed by atoms with van der Waals surface area (Å²) in [6, 6.07) is 10.8. The van der Waals surface area contributed by atoms with Gasteiger partial charge in [0.15, 0.2) is 0 Å². The van der Waals surface area contributed by atoms with Gasteiger partial charge in [0.1, 0.15) is 5.82 Å². The number of halogens is 3. The molecule has 0 saturated carbocycles. The number of hydrogen-bond donors (Lipinski definition) is 1. The second-order valence-corrected chi connectivity index (χ2v) is 6.34. The summed E-state index contributed by atoms with van der Waals surface area (Å²) in [6.07, 6.45) is 0.114. The van der Waals surface area contributed by atoms with Crippen molar-refractivity contribution >= 4 is 46.4 Å². The molecule has 2 amide bonds. The second kappa shape index (κ2) is 6.79. The van der Waals surface area contributed by atoms with Crippen LogP contribution in [-0.2, 0) is 9.59 Å². The first-order chi connectivity index (χ1) is 11.4. The van der Waals surface area contributed by atoms with Crippen LogP contribution in [0.2, 0.25) is 10.0 Å². The molecule has 1 atom stereocenters. The largest absolute Gasteiger partial charge is 0.326 e. The van der Waals surface area contributed by atoms with Crippen molar-refractivity contribution < 1.29 is 14.0 Å². The zero-order valence-electron chi connectivity index (χ0n) is 12.4. The van der Waals surface area contributed by atoms with E-state index < -0.39 is 11.7 Å². The third-order valence-corrected chi connectivity index (χ3v) is 4.36. The zero-order chi connectivity index (χ0) is 17.3. The molecule has 1 saturated heterocycles. The molecule has 7 heteroatoms. The molecule has 0 aromatic heterocycles. The zero-order valence-corrected chi connectivity index (χ0v) is 13.9. The summed E-state index contributed by atoms with van der Waals surface area (Å²) in [5.74, 6) is -1.48. The Balaban J connectivity index is 1.69. The van der Waals surface area contributed by atoms with Crippen LogP contribution >= 0.6 is 23.2 Å². The molecule has 1 aliphatic rings. The van der Waals surface area contributed by atoms with Crippen LogP contribution in [0.15, 0.2) is 42.5 Å². The molecule has 2 aromatic rings.